The van der Waals surface area contributed by atoms with E-state index in [1.54, 1.807) is 4.90 Å². The molecule has 4 heteroatoms. The topological polar surface area (TPSA) is 58.4 Å². The number of nitrogens with zero attached hydrogens (tertiary/aromatic N) is 1. The quantitative estimate of drug-likeness (QED) is 0.765. The van der Waals surface area contributed by atoms with E-state index in [1.165, 1.54) is 6.42 Å². The lowest BCUT2D eigenvalue weighted by molar-refractivity contribution is 0.179. The molecule has 0 bridgehead atoms. The highest BCUT2D eigenvalue weighted by Crippen LogP contribution is 2.14. The smallest absolute Gasteiger partial charge is 0.314 e. The Morgan fingerprint density at radius 1 is 1.44 bits per heavy atom. The Kier molecular flexibility index (Phi) is 5.06. The standard InChI is InChI=1S/C12H25N3O/c1-4-9(2)10(3)14-11-5-7-15(8-6-11)12(13)16/h9-11,14H,4-8H2,1-3H3,(H2,13,16). The maximum absolute atomic E-state index is 11.0. The lowest BCUT2D eigenvalue weighted by atomic mass is 9.97. The van der Waals surface area contributed by atoms with Gasteiger partial charge in [-0.05, 0) is 25.7 Å². The molecule has 0 saturated carbocycles. The maximum Gasteiger partial charge on any atom is 0.314 e. The molecule has 1 saturated heterocycles. The number of rotatable bonds is 4. The monoisotopic (exact) mass is 227 g/mol. The van der Waals surface area contributed by atoms with Crippen molar-refractivity contribution in [3.8, 4) is 0 Å². The molecule has 0 aromatic carbocycles. The van der Waals surface area contributed by atoms with E-state index in [0.29, 0.717) is 18.0 Å². The molecule has 3 N–H and O–H groups in total. The van der Waals surface area contributed by atoms with E-state index in [9.17, 15) is 4.79 Å². The Labute approximate surface area is 98.6 Å². The fraction of sp³-hybridized carbons (Fsp3) is 0.917. The van der Waals surface area contributed by atoms with E-state index < -0.39 is 0 Å². The highest BCUT2D eigenvalue weighted by Gasteiger charge is 2.23. The molecular formula is C12H25N3O. The van der Waals surface area contributed by atoms with Gasteiger partial charge in [0.25, 0.3) is 0 Å². The zero-order chi connectivity index (χ0) is 12.1. The number of amides is 2. The van der Waals surface area contributed by atoms with E-state index in [2.05, 4.69) is 26.1 Å². The second kappa shape index (κ2) is 6.09. The number of carbonyl (C=O) groups is 1. The number of nitrogens with two attached hydrogens (primary N) is 1. The van der Waals surface area contributed by atoms with Gasteiger partial charge in [-0.25, -0.2) is 4.79 Å². The maximum atomic E-state index is 11.0. The summed E-state index contributed by atoms with van der Waals surface area (Å²) >= 11 is 0. The molecule has 1 aliphatic rings. The summed E-state index contributed by atoms with van der Waals surface area (Å²) in [7, 11) is 0. The molecule has 16 heavy (non-hydrogen) atoms. The third-order valence-electron chi connectivity index (χ3n) is 3.80. The minimum atomic E-state index is -0.284. The fourth-order valence-corrected chi connectivity index (χ4v) is 2.16. The van der Waals surface area contributed by atoms with Gasteiger partial charge in [-0.3, -0.25) is 0 Å². The molecule has 1 aliphatic heterocycles. The largest absolute Gasteiger partial charge is 0.351 e. The molecule has 1 heterocycles. The number of nitrogens with one attached hydrogen (secondary N) is 1. The molecule has 94 valence electrons. The summed E-state index contributed by atoms with van der Waals surface area (Å²) in [5, 5.41) is 3.65. The number of likely N-dealkylation sites (tertiary alicyclic amines) is 1. The van der Waals surface area contributed by atoms with Gasteiger partial charge in [0, 0.05) is 25.2 Å². The molecule has 2 amide bonds. The van der Waals surface area contributed by atoms with Gasteiger partial charge in [-0.15, -0.1) is 0 Å². The first kappa shape index (κ1) is 13.3. The summed E-state index contributed by atoms with van der Waals surface area (Å²) < 4.78 is 0. The molecule has 1 rings (SSSR count). The zero-order valence-corrected chi connectivity index (χ0v) is 10.7. The molecule has 0 aromatic heterocycles. The molecule has 1 fully saturated rings. The zero-order valence-electron chi connectivity index (χ0n) is 10.7. The third-order valence-corrected chi connectivity index (χ3v) is 3.80. The van der Waals surface area contributed by atoms with Gasteiger partial charge in [0.1, 0.15) is 0 Å². The van der Waals surface area contributed by atoms with Gasteiger partial charge in [0.2, 0.25) is 0 Å². The predicted molar refractivity (Wildman–Crippen MR) is 66.2 cm³/mol. The van der Waals surface area contributed by atoms with Crippen LogP contribution in [0.2, 0.25) is 0 Å². The van der Waals surface area contributed by atoms with E-state index >= 15 is 0 Å². The highest BCUT2D eigenvalue weighted by molar-refractivity contribution is 5.72. The average molecular weight is 227 g/mol. The Balaban J connectivity index is 2.29. The van der Waals surface area contributed by atoms with Crippen LogP contribution in [0.25, 0.3) is 0 Å². The summed E-state index contributed by atoms with van der Waals surface area (Å²) in [4.78, 5) is 12.7. The summed E-state index contributed by atoms with van der Waals surface area (Å²) in [6, 6.07) is 0.808. The van der Waals surface area contributed by atoms with Gasteiger partial charge in [-0.2, -0.15) is 0 Å². The van der Waals surface area contributed by atoms with Crippen LogP contribution in [0.3, 0.4) is 0 Å². The number of piperidine rings is 1. The average Bonchev–Trinajstić information content (AvgIpc) is 2.28. The van der Waals surface area contributed by atoms with Crippen molar-refractivity contribution in [3.05, 3.63) is 0 Å². The van der Waals surface area contributed by atoms with Gasteiger partial charge >= 0.3 is 6.03 Å². The first-order valence-corrected chi connectivity index (χ1v) is 6.35. The van der Waals surface area contributed by atoms with E-state index in [4.69, 9.17) is 5.73 Å². The Bertz CT molecular complexity index is 224. The minimum absolute atomic E-state index is 0.284. The summed E-state index contributed by atoms with van der Waals surface area (Å²) in [6.45, 7) is 8.32. The van der Waals surface area contributed by atoms with Crippen LogP contribution in [0.5, 0.6) is 0 Å². The van der Waals surface area contributed by atoms with E-state index in [-0.39, 0.29) is 6.03 Å². The molecule has 0 aliphatic carbocycles. The second-order valence-electron chi connectivity index (χ2n) is 4.94. The lowest BCUT2D eigenvalue weighted by Crippen LogP contribution is -2.49. The molecule has 2 atom stereocenters. The molecule has 0 aromatic rings. The number of hydrogen-bond donors (Lipinski definition) is 2. The van der Waals surface area contributed by atoms with Crippen LogP contribution < -0.4 is 11.1 Å². The lowest BCUT2D eigenvalue weighted by Gasteiger charge is -2.34. The van der Waals surface area contributed by atoms with Gasteiger partial charge in [0.15, 0.2) is 0 Å². The van der Waals surface area contributed by atoms with Crippen LogP contribution in [0.1, 0.15) is 40.0 Å². The van der Waals surface area contributed by atoms with Crippen molar-refractivity contribution in [3.63, 3.8) is 0 Å². The normalized spacial score (nSPS) is 21.8. The first-order chi connectivity index (χ1) is 7.54. The van der Waals surface area contributed by atoms with Gasteiger partial charge in [-0.1, -0.05) is 20.3 Å². The molecule has 0 spiro atoms. The van der Waals surface area contributed by atoms with Crippen molar-refractivity contribution in [2.45, 2.75) is 52.1 Å². The van der Waals surface area contributed by atoms with Crippen molar-refractivity contribution in [1.82, 2.24) is 10.2 Å². The number of urea groups is 1. The number of carbonyl (C=O) groups excluding carboxylic acids is 1. The summed E-state index contributed by atoms with van der Waals surface area (Å²) in [5.74, 6) is 0.703. The highest BCUT2D eigenvalue weighted by atomic mass is 16.2. The Hall–Kier alpha value is -0.770. The SMILES string of the molecule is CCC(C)C(C)NC1CCN(C(N)=O)CC1. The summed E-state index contributed by atoms with van der Waals surface area (Å²) in [6.07, 6.45) is 3.24. The fourth-order valence-electron chi connectivity index (χ4n) is 2.16. The first-order valence-electron chi connectivity index (χ1n) is 6.35. The second-order valence-corrected chi connectivity index (χ2v) is 4.94. The van der Waals surface area contributed by atoms with E-state index in [0.717, 1.165) is 25.9 Å². The van der Waals surface area contributed by atoms with Crippen molar-refractivity contribution in [1.29, 1.82) is 0 Å². The Morgan fingerprint density at radius 2 is 2.00 bits per heavy atom. The third kappa shape index (κ3) is 3.67. The molecule has 2 unspecified atom stereocenters. The van der Waals surface area contributed by atoms with Crippen LogP contribution in [-0.4, -0.2) is 36.1 Å². The summed E-state index contributed by atoms with van der Waals surface area (Å²) in [5.41, 5.74) is 5.25. The van der Waals surface area contributed by atoms with Crippen molar-refractivity contribution < 1.29 is 4.79 Å². The minimum Gasteiger partial charge on any atom is -0.351 e. The van der Waals surface area contributed by atoms with Crippen LogP contribution in [0.15, 0.2) is 0 Å². The predicted octanol–water partition coefficient (Wildman–Crippen LogP) is 1.55. The Morgan fingerprint density at radius 3 is 2.44 bits per heavy atom. The molecular weight excluding hydrogens is 202 g/mol. The van der Waals surface area contributed by atoms with Crippen LogP contribution in [0, 0.1) is 5.92 Å². The van der Waals surface area contributed by atoms with Crippen LogP contribution in [-0.2, 0) is 0 Å². The van der Waals surface area contributed by atoms with Gasteiger partial charge in [0.05, 0.1) is 0 Å². The van der Waals surface area contributed by atoms with Crippen molar-refractivity contribution in [2.24, 2.45) is 11.7 Å². The van der Waals surface area contributed by atoms with E-state index in [1.807, 2.05) is 0 Å². The number of hydrogen-bond acceptors (Lipinski definition) is 2. The van der Waals surface area contributed by atoms with Crippen LogP contribution >= 0.6 is 0 Å². The van der Waals surface area contributed by atoms with Crippen LogP contribution in [0.4, 0.5) is 4.79 Å². The molecule has 0 radical (unpaired) electrons. The number of primary amides is 1. The van der Waals surface area contributed by atoms with Crippen molar-refractivity contribution >= 4 is 6.03 Å². The van der Waals surface area contributed by atoms with Gasteiger partial charge < -0.3 is 16.0 Å². The molecule has 4 nitrogen and oxygen atoms in total. The van der Waals surface area contributed by atoms with Crippen molar-refractivity contribution in [2.75, 3.05) is 13.1 Å².